The predicted octanol–water partition coefficient (Wildman–Crippen LogP) is 1.53. The van der Waals surface area contributed by atoms with Gasteiger partial charge < -0.3 is 5.32 Å². The number of rotatable bonds is 6. The average Bonchev–Trinajstić information content (AvgIpc) is 2.61. The summed E-state index contributed by atoms with van der Waals surface area (Å²) in [6, 6.07) is 0. The fourth-order valence-electron chi connectivity index (χ4n) is 2.44. The molecular formula is C12H22N4. The highest BCUT2D eigenvalue weighted by atomic mass is 15.3. The van der Waals surface area contributed by atoms with Gasteiger partial charge in [0.25, 0.3) is 0 Å². The first kappa shape index (κ1) is 11.6. The Hall–Kier alpha value is -0.900. The third kappa shape index (κ3) is 2.43. The Morgan fingerprint density at radius 2 is 2.31 bits per heavy atom. The van der Waals surface area contributed by atoms with Crippen LogP contribution >= 0.6 is 0 Å². The van der Waals surface area contributed by atoms with Crippen molar-refractivity contribution >= 4 is 0 Å². The second-order valence-electron chi connectivity index (χ2n) is 5.01. The van der Waals surface area contributed by atoms with Gasteiger partial charge in [0.2, 0.25) is 0 Å². The first-order valence-electron chi connectivity index (χ1n) is 6.29. The van der Waals surface area contributed by atoms with Gasteiger partial charge in [0, 0.05) is 20.0 Å². The van der Waals surface area contributed by atoms with Gasteiger partial charge in [0.05, 0.1) is 0 Å². The summed E-state index contributed by atoms with van der Waals surface area (Å²) in [7, 11) is 1.98. The first-order chi connectivity index (χ1) is 7.76. The summed E-state index contributed by atoms with van der Waals surface area (Å²) in [4.78, 5) is 4.33. The highest BCUT2D eigenvalue weighted by Crippen LogP contribution is 2.42. The molecule has 1 saturated carbocycles. The van der Waals surface area contributed by atoms with E-state index in [2.05, 4.69) is 22.3 Å². The smallest absolute Gasteiger partial charge is 0.138 e. The van der Waals surface area contributed by atoms with Crippen molar-refractivity contribution in [1.82, 2.24) is 20.1 Å². The zero-order valence-corrected chi connectivity index (χ0v) is 10.4. The summed E-state index contributed by atoms with van der Waals surface area (Å²) < 4.78 is 1.90. The van der Waals surface area contributed by atoms with E-state index in [1.54, 1.807) is 6.33 Å². The lowest BCUT2D eigenvalue weighted by molar-refractivity contribution is 0.126. The van der Waals surface area contributed by atoms with Gasteiger partial charge in [-0.1, -0.05) is 13.3 Å². The molecule has 4 nitrogen and oxygen atoms in total. The summed E-state index contributed by atoms with van der Waals surface area (Å²) in [5.41, 5.74) is 0.454. The minimum absolute atomic E-state index is 0.454. The van der Waals surface area contributed by atoms with Gasteiger partial charge in [0.15, 0.2) is 0 Å². The van der Waals surface area contributed by atoms with Gasteiger partial charge in [-0.25, -0.2) is 4.98 Å². The van der Waals surface area contributed by atoms with Crippen LogP contribution in [0, 0.1) is 5.41 Å². The summed E-state index contributed by atoms with van der Waals surface area (Å²) >= 11 is 0. The van der Waals surface area contributed by atoms with E-state index in [4.69, 9.17) is 0 Å². The van der Waals surface area contributed by atoms with Crippen LogP contribution in [0.4, 0.5) is 0 Å². The molecule has 1 heterocycles. The van der Waals surface area contributed by atoms with Crippen molar-refractivity contribution in [2.45, 2.75) is 39.0 Å². The van der Waals surface area contributed by atoms with Crippen molar-refractivity contribution in [3.63, 3.8) is 0 Å². The van der Waals surface area contributed by atoms with Crippen LogP contribution in [0.1, 0.15) is 38.4 Å². The summed E-state index contributed by atoms with van der Waals surface area (Å²) in [5, 5.41) is 7.69. The zero-order valence-electron chi connectivity index (χ0n) is 10.4. The normalized spacial score (nSPS) is 18.4. The van der Waals surface area contributed by atoms with Crippen molar-refractivity contribution in [3.05, 3.63) is 12.2 Å². The summed E-state index contributed by atoms with van der Waals surface area (Å²) in [6.07, 6.45) is 7.96. The SMILES string of the molecule is CCCNCC1(Cc2ncnn2C)CCC1. The number of aromatic nitrogens is 3. The first-order valence-corrected chi connectivity index (χ1v) is 6.29. The Balaban J connectivity index is 1.92. The molecule has 0 bridgehead atoms. The van der Waals surface area contributed by atoms with Crippen LogP contribution in [-0.2, 0) is 13.5 Å². The molecule has 0 unspecified atom stereocenters. The van der Waals surface area contributed by atoms with Crippen molar-refractivity contribution < 1.29 is 0 Å². The molecule has 90 valence electrons. The van der Waals surface area contributed by atoms with Crippen LogP contribution in [0.3, 0.4) is 0 Å². The van der Waals surface area contributed by atoms with Crippen molar-refractivity contribution in [2.24, 2.45) is 12.5 Å². The van der Waals surface area contributed by atoms with E-state index in [1.165, 1.54) is 25.7 Å². The minimum Gasteiger partial charge on any atom is -0.316 e. The van der Waals surface area contributed by atoms with Crippen LogP contribution in [0.25, 0.3) is 0 Å². The second kappa shape index (κ2) is 4.95. The lowest BCUT2D eigenvalue weighted by Crippen LogP contribution is -2.42. The molecule has 1 aromatic rings. The zero-order chi connectivity index (χ0) is 11.4. The Bertz CT molecular complexity index is 328. The van der Waals surface area contributed by atoms with E-state index in [-0.39, 0.29) is 0 Å². The number of hydrogen-bond acceptors (Lipinski definition) is 3. The van der Waals surface area contributed by atoms with Crippen molar-refractivity contribution in [3.8, 4) is 0 Å². The van der Waals surface area contributed by atoms with E-state index in [9.17, 15) is 0 Å². The molecule has 1 aromatic heterocycles. The maximum atomic E-state index is 4.33. The third-order valence-corrected chi connectivity index (χ3v) is 3.68. The van der Waals surface area contributed by atoms with Crippen LogP contribution in [-0.4, -0.2) is 27.9 Å². The number of aryl methyl sites for hydroxylation is 1. The molecular weight excluding hydrogens is 200 g/mol. The molecule has 1 aliphatic rings. The van der Waals surface area contributed by atoms with Gasteiger partial charge >= 0.3 is 0 Å². The summed E-state index contributed by atoms with van der Waals surface area (Å²) in [5.74, 6) is 1.12. The highest BCUT2D eigenvalue weighted by Gasteiger charge is 2.37. The Morgan fingerprint density at radius 3 is 2.81 bits per heavy atom. The molecule has 0 atom stereocenters. The maximum Gasteiger partial charge on any atom is 0.138 e. The van der Waals surface area contributed by atoms with Crippen LogP contribution in [0.2, 0.25) is 0 Å². The maximum absolute atomic E-state index is 4.33. The molecule has 0 spiro atoms. The topological polar surface area (TPSA) is 42.7 Å². The average molecular weight is 222 g/mol. The largest absolute Gasteiger partial charge is 0.316 e. The van der Waals surface area contributed by atoms with E-state index in [0.717, 1.165) is 25.3 Å². The lowest BCUT2D eigenvalue weighted by atomic mass is 9.66. The molecule has 0 amide bonds. The quantitative estimate of drug-likeness (QED) is 0.742. The Kier molecular flexibility index (Phi) is 3.59. The molecule has 0 radical (unpaired) electrons. The van der Waals surface area contributed by atoms with Crippen LogP contribution < -0.4 is 5.32 Å². The molecule has 0 aromatic carbocycles. The highest BCUT2D eigenvalue weighted by molar-refractivity contribution is 4.99. The lowest BCUT2D eigenvalue weighted by Gasteiger charge is -2.42. The molecule has 1 fully saturated rings. The monoisotopic (exact) mass is 222 g/mol. The van der Waals surface area contributed by atoms with Crippen molar-refractivity contribution in [2.75, 3.05) is 13.1 Å². The molecule has 4 heteroatoms. The Labute approximate surface area is 97.5 Å². The fraction of sp³-hybridized carbons (Fsp3) is 0.833. The third-order valence-electron chi connectivity index (χ3n) is 3.68. The molecule has 1 N–H and O–H groups in total. The Morgan fingerprint density at radius 1 is 1.50 bits per heavy atom. The van der Waals surface area contributed by atoms with E-state index < -0.39 is 0 Å². The number of hydrogen-bond donors (Lipinski definition) is 1. The van der Waals surface area contributed by atoms with E-state index in [1.807, 2.05) is 11.7 Å². The number of nitrogens with one attached hydrogen (secondary N) is 1. The standard InChI is InChI=1S/C12H22N4/c1-3-7-13-9-12(5-4-6-12)8-11-14-10-15-16(11)2/h10,13H,3-9H2,1-2H3. The fourth-order valence-corrected chi connectivity index (χ4v) is 2.44. The molecule has 2 rings (SSSR count). The molecule has 1 aliphatic carbocycles. The van der Waals surface area contributed by atoms with Gasteiger partial charge in [0.1, 0.15) is 12.2 Å². The van der Waals surface area contributed by atoms with Crippen LogP contribution in [0.5, 0.6) is 0 Å². The van der Waals surface area contributed by atoms with E-state index in [0.29, 0.717) is 5.41 Å². The second-order valence-corrected chi connectivity index (χ2v) is 5.01. The summed E-state index contributed by atoms with van der Waals surface area (Å²) in [6.45, 7) is 4.47. The molecule has 0 aliphatic heterocycles. The van der Waals surface area contributed by atoms with Gasteiger partial charge in [-0.15, -0.1) is 0 Å². The van der Waals surface area contributed by atoms with Crippen LogP contribution in [0.15, 0.2) is 6.33 Å². The van der Waals surface area contributed by atoms with Gasteiger partial charge in [-0.2, -0.15) is 5.10 Å². The van der Waals surface area contributed by atoms with Crippen molar-refractivity contribution in [1.29, 1.82) is 0 Å². The predicted molar refractivity (Wildman–Crippen MR) is 64.2 cm³/mol. The molecule has 16 heavy (non-hydrogen) atoms. The molecule has 0 saturated heterocycles. The van der Waals surface area contributed by atoms with Gasteiger partial charge in [-0.05, 0) is 31.2 Å². The minimum atomic E-state index is 0.454. The number of nitrogens with zero attached hydrogens (tertiary/aromatic N) is 3. The van der Waals surface area contributed by atoms with Gasteiger partial charge in [-0.3, -0.25) is 4.68 Å². The van der Waals surface area contributed by atoms with E-state index >= 15 is 0 Å².